The van der Waals surface area contributed by atoms with Gasteiger partial charge in [0.05, 0.1) is 6.04 Å². The Morgan fingerprint density at radius 2 is 2.00 bits per heavy atom. The van der Waals surface area contributed by atoms with Crippen LogP contribution >= 0.6 is 0 Å². The molecule has 2 aliphatic heterocycles. The summed E-state index contributed by atoms with van der Waals surface area (Å²) >= 11 is 0. The average Bonchev–Trinajstić information content (AvgIpc) is 3.51. The van der Waals surface area contributed by atoms with Crippen molar-refractivity contribution in [3.8, 4) is 12.3 Å². The Labute approximate surface area is 174 Å². The third-order valence-corrected chi connectivity index (χ3v) is 6.12. The minimum atomic E-state index is -0.406. The molecule has 1 N–H and O–H groups in total. The molecule has 156 valence electrons. The highest BCUT2D eigenvalue weighted by molar-refractivity contribution is 5.76. The maximum Gasteiger partial charge on any atom is 0.220 e. The van der Waals surface area contributed by atoms with Crippen LogP contribution < -0.4 is 5.32 Å². The summed E-state index contributed by atoms with van der Waals surface area (Å²) in [6.45, 7) is 3.06. The standard InChI is InChI=1S/C23H33N5O/c1-4-5-14-23(25-26-23)15-11-22(29)24-21(19-9-7-6-8-10-19)18-28(3)20-12-16-27(2)17-13-20/h1,6-10,20-21H,5,11-18H2,2-3H3,(H,24,29). The lowest BCUT2D eigenvalue weighted by atomic mass is 10.00. The fourth-order valence-corrected chi connectivity index (χ4v) is 4.04. The zero-order valence-electron chi connectivity index (χ0n) is 17.7. The van der Waals surface area contributed by atoms with E-state index in [-0.39, 0.29) is 11.9 Å². The second-order valence-electron chi connectivity index (χ2n) is 8.39. The van der Waals surface area contributed by atoms with E-state index in [1.807, 2.05) is 18.2 Å². The second-order valence-corrected chi connectivity index (χ2v) is 8.39. The number of carbonyl (C=O) groups is 1. The van der Waals surface area contributed by atoms with Crippen LogP contribution in [-0.2, 0) is 4.79 Å². The molecule has 1 aromatic carbocycles. The molecule has 1 amide bonds. The average molecular weight is 396 g/mol. The summed E-state index contributed by atoms with van der Waals surface area (Å²) < 4.78 is 0. The number of hydrogen-bond donors (Lipinski definition) is 1. The Hall–Kier alpha value is -2.23. The summed E-state index contributed by atoms with van der Waals surface area (Å²) in [5.41, 5.74) is 0.736. The Bertz CT molecular complexity index is 727. The summed E-state index contributed by atoms with van der Waals surface area (Å²) in [5.74, 6) is 2.68. The number of carbonyl (C=O) groups excluding carboxylic acids is 1. The van der Waals surface area contributed by atoms with Gasteiger partial charge in [0.15, 0.2) is 5.66 Å². The first-order valence-electron chi connectivity index (χ1n) is 10.6. The molecular weight excluding hydrogens is 362 g/mol. The molecule has 0 spiro atoms. The molecule has 1 aromatic rings. The fraction of sp³-hybridized carbons (Fsp3) is 0.609. The zero-order chi connectivity index (χ0) is 20.7. The summed E-state index contributed by atoms with van der Waals surface area (Å²) in [5, 5.41) is 11.5. The smallest absolute Gasteiger partial charge is 0.220 e. The summed E-state index contributed by atoms with van der Waals surface area (Å²) in [6.07, 6.45) is 10.1. The van der Waals surface area contributed by atoms with Gasteiger partial charge < -0.3 is 15.1 Å². The minimum absolute atomic E-state index is 0.0249. The summed E-state index contributed by atoms with van der Waals surface area (Å²) in [7, 11) is 4.35. The van der Waals surface area contributed by atoms with E-state index in [9.17, 15) is 4.79 Å². The molecular formula is C23H33N5O. The zero-order valence-corrected chi connectivity index (χ0v) is 17.7. The molecule has 3 rings (SSSR count). The highest BCUT2D eigenvalue weighted by atomic mass is 16.1. The molecule has 1 atom stereocenters. The van der Waals surface area contributed by atoms with Gasteiger partial charge in [-0.1, -0.05) is 30.3 Å². The number of likely N-dealkylation sites (N-methyl/N-ethyl adjacent to an activating group) is 1. The van der Waals surface area contributed by atoms with Crippen molar-refractivity contribution in [3.05, 3.63) is 35.9 Å². The van der Waals surface area contributed by atoms with Crippen LogP contribution in [0.5, 0.6) is 0 Å². The van der Waals surface area contributed by atoms with Crippen LogP contribution in [0.15, 0.2) is 40.6 Å². The summed E-state index contributed by atoms with van der Waals surface area (Å²) in [6, 6.07) is 10.8. The van der Waals surface area contributed by atoms with Crippen LogP contribution in [0.3, 0.4) is 0 Å². The van der Waals surface area contributed by atoms with Crippen LogP contribution in [-0.4, -0.2) is 61.1 Å². The minimum Gasteiger partial charge on any atom is -0.348 e. The predicted octanol–water partition coefficient (Wildman–Crippen LogP) is 3.23. The first-order chi connectivity index (χ1) is 14.0. The molecule has 1 fully saturated rings. The third kappa shape index (κ3) is 6.38. The van der Waals surface area contributed by atoms with Crippen molar-refractivity contribution in [1.29, 1.82) is 0 Å². The Balaban J connectivity index is 1.56. The van der Waals surface area contributed by atoms with E-state index < -0.39 is 5.66 Å². The lowest BCUT2D eigenvalue weighted by molar-refractivity contribution is -0.122. The van der Waals surface area contributed by atoms with Gasteiger partial charge in [-0.2, -0.15) is 10.2 Å². The number of nitrogens with one attached hydrogen (secondary N) is 1. The quantitative estimate of drug-likeness (QED) is 0.619. The molecule has 0 bridgehead atoms. The normalized spacial score (nSPS) is 19.7. The lowest BCUT2D eigenvalue weighted by Crippen LogP contribution is -2.45. The van der Waals surface area contributed by atoms with Crippen LogP contribution in [0, 0.1) is 12.3 Å². The number of piperidine rings is 1. The van der Waals surface area contributed by atoms with Crippen molar-refractivity contribution in [1.82, 2.24) is 15.1 Å². The topological polar surface area (TPSA) is 60.3 Å². The monoisotopic (exact) mass is 395 g/mol. The molecule has 29 heavy (non-hydrogen) atoms. The van der Waals surface area contributed by atoms with E-state index in [1.54, 1.807) is 0 Å². The van der Waals surface area contributed by atoms with Gasteiger partial charge in [0.25, 0.3) is 0 Å². The maximum absolute atomic E-state index is 12.7. The first kappa shape index (κ1) is 21.5. The number of nitrogens with zero attached hydrogens (tertiary/aromatic N) is 4. The van der Waals surface area contributed by atoms with Crippen molar-refractivity contribution in [3.63, 3.8) is 0 Å². The van der Waals surface area contributed by atoms with Gasteiger partial charge in [0, 0.05) is 38.3 Å². The number of likely N-dealkylation sites (tertiary alicyclic amines) is 1. The number of amides is 1. The molecule has 0 aliphatic carbocycles. The van der Waals surface area contributed by atoms with Gasteiger partial charge in [-0.05, 0) is 45.6 Å². The van der Waals surface area contributed by atoms with E-state index in [0.29, 0.717) is 25.3 Å². The van der Waals surface area contributed by atoms with Crippen LogP contribution in [0.2, 0.25) is 0 Å². The van der Waals surface area contributed by atoms with Crippen LogP contribution in [0.4, 0.5) is 0 Å². The Morgan fingerprint density at radius 1 is 1.31 bits per heavy atom. The van der Waals surface area contributed by atoms with Crippen LogP contribution in [0.25, 0.3) is 0 Å². The van der Waals surface area contributed by atoms with Crippen molar-refractivity contribution >= 4 is 5.91 Å². The van der Waals surface area contributed by atoms with Crippen molar-refractivity contribution in [2.45, 2.75) is 56.3 Å². The lowest BCUT2D eigenvalue weighted by Gasteiger charge is -2.37. The van der Waals surface area contributed by atoms with Crippen molar-refractivity contribution in [2.24, 2.45) is 10.2 Å². The van der Waals surface area contributed by atoms with Gasteiger partial charge >= 0.3 is 0 Å². The molecule has 2 heterocycles. The van der Waals surface area contributed by atoms with Gasteiger partial charge in [-0.15, -0.1) is 12.3 Å². The number of benzene rings is 1. The van der Waals surface area contributed by atoms with E-state index in [1.165, 1.54) is 12.8 Å². The van der Waals surface area contributed by atoms with Gasteiger partial charge in [-0.3, -0.25) is 4.79 Å². The largest absolute Gasteiger partial charge is 0.348 e. The number of terminal acetylenes is 1. The molecule has 2 aliphatic rings. The highest BCUT2D eigenvalue weighted by Crippen LogP contribution is 2.37. The molecule has 0 saturated carbocycles. The Morgan fingerprint density at radius 3 is 2.62 bits per heavy atom. The summed E-state index contributed by atoms with van der Waals surface area (Å²) in [4.78, 5) is 17.5. The Kier molecular flexibility index (Phi) is 7.40. The van der Waals surface area contributed by atoms with E-state index in [0.717, 1.165) is 31.6 Å². The molecule has 0 aromatic heterocycles. The van der Waals surface area contributed by atoms with Gasteiger partial charge in [0.1, 0.15) is 0 Å². The highest BCUT2D eigenvalue weighted by Gasteiger charge is 2.39. The van der Waals surface area contributed by atoms with E-state index >= 15 is 0 Å². The van der Waals surface area contributed by atoms with Gasteiger partial charge in [0.2, 0.25) is 5.91 Å². The van der Waals surface area contributed by atoms with Gasteiger partial charge in [-0.25, -0.2) is 0 Å². The third-order valence-electron chi connectivity index (χ3n) is 6.12. The molecule has 1 unspecified atom stereocenters. The van der Waals surface area contributed by atoms with Crippen molar-refractivity contribution in [2.75, 3.05) is 33.7 Å². The fourth-order valence-electron chi connectivity index (χ4n) is 4.04. The molecule has 6 heteroatoms. The second kappa shape index (κ2) is 10.00. The van der Waals surface area contributed by atoms with Crippen molar-refractivity contribution < 1.29 is 4.79 Å². The SMILES string of the molecule is C#CCCC1(CCC(=O)NC(CN(C)C2CCN(C)CC2)c2ccccc2)N=N1. The first-order valence-corrected chi connectivity index (χ1v) is 10.6. The van der Waals surface area contributed by atoms with E-state index in [4.69, 9.17) is 6.42 Å². The predicted molar refractivity (Wildman–Crippen MR) is 115 cm³/mol. The van der Waals surface area contributed by atoms with Crippen LogP contribution in [0.1, 0.15) is 50.1 Å². The molecule has 0 radical (unpaired) electrons. The molecule has 6 nitrogen and oxygen atoms in total. The number of hydrogen-bond acceptors (Lipinski definition) is 5. The van der Waals surface area contributed by atoms with E-state index in [2.05, 4.69) is 57.5 Å². The number of rotatable bonds is 10. The molecule has 1 saturated heterocycles. The maximum atomic E-state index is 12.7.